The summed E-state index contributed by atoms with van der Waals surface area (Å²) in [6, 6.07) is 6.21. The molecule has 1 atom stereocenters. The lowest BCUT2D eigenvalue weighted by atomic mass is 10.0. The highest BCUT2D eigenvalue weighted by Gasteiger charge is 2.16. The fourth-order valence-electron chi connectivity index (χ4n) is 2.97. The molecule has 2 aliphatic rings. The first-order valence-electron chi connectivity index (χ1n) is 8.46. The number of sulfonamides is 1. The highest BCUT2D eigenvalue weighted by molar-refractivity contribution is 7.89. The van der Waals surface area contributed by atoms with Crippen LogP contribution in [0.2, 0.25) is 0 Å². The van der Waals surface area contributed by atoms with E-state index in [0.29, 0.717) is 11.4 Å². The van der Waals surface area contributed by atoms with Gasteiger partial charge in [-0.2, -0.15) is 0 Å². The minimum absolute atomic E-state index is 0.358. The van der Waals surface area contributed by atoms with E-state index in [9.17, 15) is 8.42 Å². The summed E-state index contributed by atoms with van der Waals surface area (Å²) in [5.74, 6) is 0. The summed E-state index contributed by atoms with van der Waals surface area (Å²) in [7, 11) is -1.13. The second kappa shape index (κ2) is 8.24. The van der Waals surface area contributed by atoms with E-state index in [0.717, 1.165) is 31.1 Å². The maximum Gasteiger partial charge on any atom is 0.240 e. The summed E-state index contributed by atoms with van der Waals surface area (Å²) in [6.45, 7) is 7.50. The summed E-state index contributed by atoms with van der Waals surface area (Å²) < 4.78 is 26.1. The van der Waals surface area contributed by atoms with Gasteiger partial charge in [-0.25, -0.2) is 13.1 Å². The standard InChI is InChI=1S/C11H16N2O2S.C6H13N/c1-2-13-16(14,15)11-4-3-9-5-6-12-8-10(9)7-11;1-6-4-3-5-7(6)2/h3-4,7,12-13H,2,5-6,8H2,1H3;6H,3-5H2,1-2H3. The van der Waals surface area contributed by atoms with Crippen LogP contribution < -0.4 is 10.0 Å². The number of hydrogen-bond donors (Lipinski definition) is 2. The molecule has 23 heavy (non-hydrogen) atoms. The molecule has 2 N–H and O–H groups in total. The van der Waals surface area contributed by atoms with Crippen LogP contribution in [-0.2, 0) is 23.0 Å². The van der Waals surface area contributed by atoms with Crippen molar-refractivity contribution in [1.29, 1.82) is 0 Å². The quantitative estimate of drug-likeness (QED) is 0.880. The molecule has 130 valence electrons. The van der Waals surface area contributed by atoms with Crippen molar-refractivity contribution in [2.24, 2.45) is 0 Å². The van der Waals surface area contributed by atoms with E-state index in [4.69, 9.17) is 0 Å². The Labute approximate surface area is 140 Å². The van der Waals surface area contributed by atoms with E-state index in [1.807, 2.05) is 6.07 Å². The van der Waals surface area contributed by atoms with Gasteiger partial charge in [0.05, 0.1) is 4.90 Å². The first kappa shape index (κ1) is 18.4. The Bertz CT molecular complexity index is 608. The first-order valence-corrected chi connectivity index (χ1v) is 9.94. The van der Waals surface area contributed by atoms with Crippen molar-refractivity contribution in [3.8, 4) is 0 Å². The topological polar surface area (TPSA) is 61.4 Å². The highest BCUT2D eigenvalue weighted by Crippen LogP contribution is 2.18. The number of likely N-dealkylation sites (tertiary alicyclic amines) is 1. The van der Waals surface area contributed by atoms with E-state index >= 15 is 0 Å². The van der Waals surface area contributed by atoms with Gasteiger partial charge in [-0.1, -0.05) is 13.0 Å². The second-order valence-electron chi connectivity index (χ2n) is 6.33. The molecular formula is C17H29N3O2S. The van der Waals surface area contributed by atoms with Crippen molar-refractivity contribution in [3.63, 3.8) is 0 Å². The molecule has 1 saturated heterocycles. The second-order valence-corrected chi connectivity index (χ2v) is 8.10. The van der Waals surface area contributed by atoms with Gasteiger partial charge in [0, 0.05) is 19.1 Å². The summed E-state index contributed by atoms with van der Waals surface area (Å²) in [6.07, 6.45) is 3.77. The van der Waals surface area contributed by atoms with Crippen LogP contribution >= 0.6 is 0 Å². The highest BCUT2D eigenvalue weighted by atomic mass is 32.2. The predicted molar refractivity (Wildman–Crippen MR) is 94.0 cm³/mol. The van der Waals surface area contributed by atoms with Crippen LogP contribution in [0.1, 0.15) is 37.8 Å². The summed E-state index contributed by atoms with van der Waals surface area (Å²) in [5.41, 5.74) is 2.33. The monoisotopic (exact) mass is 339 g/mol. The van der Waals surface area contributed by atoms with E-state index < -0.39 is 10.0 Å². The van der Waals surface area contributed by atoms with E-state index in [1.54, 1.807) is 19.1 Å². The molecule has 2 heterocycles. The van der Waals surface area contributed by atoms with Crippen molar-refractivity contribution in [1.82, 2.24) is 14.9 Å². The Morgan fingerprint density at radius 1 is 1.35 bits per heavy atom. The zero-order valence-electron chi connectivity index (χ0n) is 14.4. The maximum atomic E-state index is 11.8. The van der Waals surface area contributed by atoms with Crippen LogP contribution in [0, 0.1) is 0 Å². The van der Waals surface area contributed by atoms with Gasteiger partial charge >= 0.3 is 0 Å². The third kappa shape index (κ3) is 5.01. The molecule has 3 rings (SSSR count). The number of nitrogens with one attached hydrogen (secondary N) is 2. The maximum absolute atomic E-state index is 11.8. The Hall–Kier alpha value is -0.950. The van der Waals surface area contributed by atoms with E-state index in [1.165, 1.54) is 24.9 Å². The molecule has 0 amide bonds. The fraction of sp³-hybridized carbons (Fsp3) is 0.647. The van der Waals surface area contributed by atoms with Crippen LogP contribution in [0.25, 0.3) is 0 Å². The molecule has 0 aromatic heterocycles. The number of rotatable bonds is 3. The van der Waals surface area contributed by atoms with E-state index in [-0.39, 0.29) is 0 Å². The summed E-state index contributed by atoms with van der Waals surface area (Å²) in [4.78, 5) is 2.76. The van der Waals surface area contributed by atoms with Crippen molar-refractivity contribution < 1.29 is 8.42 Å². The van der Waals surface area contributed by atoms with Crippen molar-refractivity contribution >= 4 is 10.0 Å². The number of hydrogen-bond acceptors (Lipinski definition) is 4. The van der Waals surface area contributed by atoms with Crippen molar-refractivity contribution in [3.05, 3.63) is 29.3 Å². The lowest BCUT2D eigenvalue weighted by Gasteiger charge is -2.17. The molecule has 1 aromatic rings. The zero-order valence-corrected chi connectivity index (χ0v) is 15.2. The minimum Gasteiger partial charge on any atom is -0.312 e. The minimum atomic E-state index is -3.32. The smallest absolute Gasteiger partial charge is 0.240 e. The Kier molecular flexibility index (Phi) is 6.59. The lowest BCUT2D eigenvalue weighted by molar-refractivity contribution is 0.331. The fourth-order valence-corrected chi connectivity index (χ4v) is 4.07. The van der Waals surface area contributed by atoms with Gasteiger partial charge in [0.15, 0.2) is 0 Å². The molecular weight excluding hydrogens is 310 g/mol. The van der Waals surface area contributed by atoms with Gasteiger partial charge in [-0.15, -0.1) is 0 Å². The molecule has 5 nitrogen and oxygen atoms in total. The number of nitrogens with zero attached hydrogens (tertiary/aromatic N) is 1. The Balaban J connectivity index is 0.000000229. The Morgan fingerprint density at radius 2 is 2.13 bits per heavy atom. The average Bonchev–Trinajstić information content (AvgIpc) is 2.91. The normalized spacial score (nSPS) is 21.4. The van der Waals surface area contributed by atoms with Crippen LogP contribution in [0.15, 0.2) is 23.1 Å². The van der Waals surface area contributed by atoms with Gasteiger partial charge in [0.25, 0.3) is 0 Å². The molecule has 0 bridgehead atoms. The van der Waals surface area contributed by atoms with Gasteiger partial charge in [0.2, 0.25) is 10.0 Å². The molecule has 1 aromatic carbocycles. The SMILES string of the molecule is CC1CCCN1C.CCNS(=O)(=O)c1ccc2c(c1)CNCC2. The molecule has 0 radical (unpaired) electrons. The number of fused-ring (bicyclic) bond motifs is 1. The Morgan fingerprint density at radius 3 is 2.70 bits per heavy atom. The third-order valence-corrected chi connectivity index (χ3v) is 6.14. The van der Waals surface area contributed by atoms with Gasteiger partial charge in [-0.05, 0) is 69.6 Å². The summed E-state index contributed by atoms with van der Waals surface area (Å²) in [5, 5.41) is 3.24. The predicted octanol–water partition coefficient (Wildman–Crippen LogP) is 1.73. The van der Waals surface area contributed by atoms with Gasteiger partial charge in [0.1, 0.15) is 0 Å². The molecule has 0 aliphatic carbocycles. The molecule has 0 spiro atoms. The largest absolute Gasteiger partial charge is 0.312 e. The van der Waals surface area contributed by atoms with Crippen molar-refractivity contribution in [2.75, 3.05) is 26.7 Å². The van der Waals surface area contributed by atoms with Crippen molar-refractivity contribution in [2.45, 2.75) is 50.6 Å². The van der Waals surface area contributed by atoms with Crippen LogP contribution in [0.3, 0.4) is 0 Å². The average molecular weight is 340 g/mol. The van der Waals surface area contributed by atoms with Crippen LogP contribution in [0.4, 0.5) is 0 Å². The van der Waals surface area contributed by atoms with Crippen LogP contribution in [-0.4, -0.2) is 46.0 Å². The van der Waals surface area contributed by atoms with Gasteiger partial charge in [-0.3, -0.25) is 0 Å². The molecule has 1 unspecified atom stereocenters. The molecule has 1 fully saturated rings. The zero-order chi connectivity index (χ0) is 16.9. The summed E-state index contributed by atoms with van der Waals surface area (Å²) >= 11 is 0. The molecule has 0 saturated carbocycles. The van der Waals surface area contributed by atoms with Gasteiger partial charge < -0.3 is 10.2 Å². The van der Waals surface area contributed by atoms with E-state index in [2.05, 4.69) is 28.9 Å². The molecule has 6 heteroatoms. The third-order valence-electron chi connectivity index (χ3n) is 4.59. The lowest BCUT2D eigenvalue weighted by Crippen LogP contribution is -2.26. The van der Waals surface area contributed by atoms with Crippen LogP contribution in [0.5, 0.6) is 0 Å². The first-order chi connectivity index (χ1) is 10.9. The number of benzene rings is 1. The molecule has 2 aliphatic heterocycles.